The number of hydrogen-bond donors (Lipinski definition) is 1. The molecule has 0 unspecified atom stereocenters. The lowest BCUT2D eigenvalue weighted by molar-refractivity contribution is 0.516. The fourth-order valence-corrected chi connectivity index (χ4v) is 3.47. The molecule has 2 aromatic heterocycles. The molecule has 0 spiro atoms. The topological polar surface area (TPSA) is 29.9 Å². The molecular weight excluding hydrogens is 310 g/mol. The van der Waals surface area contributed by atoms with Crippen molar-refractivity contribution in [1.82, 2.24) is 9.78 Å². The van der Waals surface area contributed by atoms with Crippen molar-refractivity contribution in [2.45, 2.75) is 40.3 Å². The molecular formula is C13H18BrN3S. The summed E-state index contributed by atoms with van der Waals surface area (Å²) in [5, 5.41) is 8.07. The number of anilines is 1. The minimum atomic E-state index is 0.398. The van der Waals surface area contributed by atoms with Crippen LogP contribution in [0.25, 0.3) is 0 Å². The Bertz CT molecular complexity index is 542. The molecule has 0 aliphatic heterocycles. The molecule has 0 radical (unpaired) electrons. The Kier molecular flexibility index (Phi) is 4.12. The zero-order chi connectivity index (χ0) is 13.3. The molecule has 0 fully saturated rings. The highest BCUT2D eigenvalue weighted by atomic mass is 79.9. The predicted octanol–water partition coefficient (Wildman–Crippen LogP) is 4.52. The first-order valence-electron chi connectivity index (χ1n) is 6.03. The molecule has 2 heterocycles. The van der Waals surface area contributed by atoms with E-state index in [4.69, 9.17) is 0 Å². The Labute approximate surface area is 120 Å². The lowest BCUT2D eigenvalue weighted by Crippen LogP contribution is -2.05. The third-order valence-corrected chi connectivity index (χ3v) is 4.51. The van der Waals surface area contributed by atoms with Crippen LogP contribution < -0.4 is 5.32 Å². The van der Waals surface area contributed by atoms with Gasteiger partial charge in [0.1, 0.15) is 0 Å². The SMILES string of the molecule is Cc1nn(C(C)C)c(C)c1NCc1ccc(Br)s1. The van der Waals surface area contributed by atoms with Crippen LogP contribution in [-0.4, -0.2) is 9.78 Å². The maximum atomic E-state index is 4.58. The van der Waals surface area contributed by atoms with Gasteiger partial charge in [0.15, 0.2) is 0 Å². The van der Waals surface area contributed by atoms with E-state index in [1.165, 1.54) is 14.4 Å². The molecule has 0 saturated carbocycles. The van der Waals surface area contributed by atoms with Gasteiger partial charge in [0, 0.05) is 17.5 Å². The van der Waals surface area contributed by atoms with Gasteiger partial charge in [-0.3, -0.25) is 4.68 Å². The summed E-state index contributed by atoms with van der Waals surface area (Å²) in [5.41, 5.74) is 3.43. The lowest BCUT2D eigenvalue weighted by Gasteiger charge is -2.09. The Morgan fingerprint density at radius 3 is 2.61 bits per heavy atom. The smallest absolute Gasteiger partial charge is 0.0828 e. The third-order valence-electron chi connectivity index (χ3n) is 2.88. The summed E-state index contributed by atoms with van der Waals surface area (Å²) in [6.45, 7) is 9.33. The molecule has 2 rings (SSSR count). The van der Waals surface area contributed by atoms with E-state index in [2.05, 4.69) is 70.9 Å². The molecule has 0 aliphatic carbocycles. The molecule has 2 aromatic rings. The van der Waals surface area contributed by atoms with Gasteiger partial charge in [-0.2, -0.15) is 5.10 Å². The molecule has 0 saturated heterocycles. The fraction of sp³-hybridized carbons (Fsp3) is 0.462. The van der Waals surface area contributed by atoms with Gasteiger partial charge in [0.2, 0.25) is 0 Å². The number of hydrogen-bond acceptors (Lipinski definition) is 3. The Morgan fingerprint density at radius 1 is 1.39 bits per heavy atom. The van der Waals surface area contributed by atoms with E-state index in [1.807, 2.05) is 0 Å². The first kappa shape index (κ1) is 13.6. The van der Waals surface area contributed by atoms with Crippen molar-refractivity contribution in [3.8, 4) is 0 Å². The normalized spacial score (nSPS) is 11.2. The quantitative estimate of drug-likeness (QED) is 0.894. The van der Waals surface area contributed by atoms with Crippen LogP contribution >= 0.6 is 27.3 Å². The highest BCUT2D eigenvalue weighted by molar-refractivity contribution is 9.11. The van der Waals surface area contributed by atoms with Crippen molar-refractivity contribution < 1.29 is 0 Å². The van der Waals surface area contributed by atoms with Gasteiger partial charge in [0.25, 0.3) is 0 Å². The summed E-state index contributed by atoms with van der Waals surface area (Å²) in [6, 6.07) is 4.62. The molecule has 18 heavy (non-hydrogen) atoms. The lowest BCUT2D eigenvalue weighted by atomic mass is 10.3. The Balaban J connectivity index is 2.14. The zero-order valence-electron chi connectivity index (χ0n) is 11.1. The average molecular weight is 328 g/mol. The van der Waals surface area contributed by atoms with E-state index in [0.717, 1.165) is 17.9 Å². The van der Waals surface area contributed by atoms with Crippen molar-refractivity contribution in [2.24, 2.45) is 0 Å². The van der Waals surface area contributed by atoms with Gasteiger partial charge >= 0.3 is 0 Å². The summed E-state index contributed by atoms with van der Waals surface area (Å²) in [6.07, 6.45) is 0. The third kappa shape index (κ3) is 2.78. The molecule has 98 valence electrons. The monoisotopic (exact) mass is 327 g/mol. The number of aryl methyl sites for hydroxylation is 1. The standard InChI is InChI=1S/C13H18BrN3S/c1-8(2)17-10(4)13(9(3)16-17)15-7-11-5-6-12(14)18-11/h5-6,8,15H,7H2,1-4H3. The molecule has 1 N–H and O–H groups in total. The van der Waals surface area contributed by atoms with E-state index < -0.39 is 0 Å². The van der Waals surface area contributed by atoms with Gasteiger partial charge in [-0.05, 0) is 55.8 Å². The highest BCUT2D eigenvalue weighted by Gasteiger charge is 2.13. The van der Waals surface area contributed by atoms with Crippen LogP contribution in [-0.2, 0) is 6.54 Å². The summed E-state index contributed by atoms with van der Waals surface area (Å²) in [4.78, 5) is 1.32. The second kappa shape index (κ2) is 5.45. The van der Waals surface area contributed by atoms with Crippen LogP contribution in [0, 0.1) is 13.8 Å². The highest BCUT2D eigenvalue weighted by Crippen LogP contribution is 2.26. The van der Waals surface area contributed by atoms with Gasteiger partial charge in [0.05, 0.1) is 20.9 Å². The van der Waals surface area contributed by atoms with Crippen LogP contribution in [0.4, 0.5) is 5.69 Å². The van der Waals surface area contributed by atoms with E-state index in [9.17, 15) is 0 Å². The predicted molar refractivity (Wildman–Crippen MR) is 81.4 cm³/mol. The molecule has 0 atom stereocenters. The first-order chi connectivity index (χ1) is 8.49. The summed E-state index contributed by atoms with van der Waals surface area (Å²) in [5.74, 6) is 0. The van der Waals surface area contributed by atoms with Crippen LogP contribution in [0.3, 0.4) is 0 Å². The second-order valence-corrected chi connectivity index (χ2v) is 7.19. The Morgan fingerprint density at radius 2 is 2.11 bits per heavy atom. The van der Waals surface area contributed by atoms with Gasteiger partial charge < -0.3 is 5.32 Å². The molecule has 0 bridgehead atoms. The number of thiophene rings is 1. The Hall–Kier alpha value is -0.810. The van der Waals surface area contributed by atoms with Crippen LogP contribution in [0.2, 0.25) is 0 Å². The van der Waals surface area contributed by atoms with Gasteiger partial charge in [-0.1, -0.05) is 0 Å². The van der Waals surface area contributed by atoms with Gasteiger partial charge in [-0.25, -0.2) is 0 Å². The molecule has 5 heteroatoms. The first-order valence-corrected chi connectivity index (χ1v) is 7.63. The summed E-state index contributed by atoms with van der Waals surface area (Å²) in [7, 11) is 0. The van der Waals surface area contributed by atoms with Crippen molar-refractivity contribution in [1.29, 1.82) is 0 Å². The summed E-state index contributed by atoms with van der Waals surface area (Å²) >= 11 is 5.24. The fourth-order valence-electron chi connectivity index (χ4n) is 2.04. The zero-order valence-corrected chi connectivity index (χ0v) is 13.5. The van der Waals surface area contributed by atoms with Crippen molar-refractivity contribution in [3.05, 3.63) is 32.2 Å². The molecule has 0 amide bonds. The van der Waals surface area contributed by atoms with Crippen LogP contribution in [0.1, 0.15) is 36.2 Å². The average Bonchev–Trinajstić information content (AvgIpc) is 2.82. The van der Waals surface area contributed by atoms with Crippen molar-refractivity contribution in [2.75, 3.05) is 5.32 Å². The van der Waals surface area contributed by atoms with Gasteiger partial charge in [-0.15, -0.1) is 11.3 Å². The number of aromatic nitrogens is 2. The maximum absolute atomic E-state index is 4.58. The number of rotatable bonds is 4. The largest absolute Gasteiger partial charge is 0.377 e. The number of nitrogens with zero attached hydrogens (tertiary/aromatic N) is 2. The molecule has 0 aliphatic rings. The van der Waals surface area contributed by atoms with E-state index in [1.54, 1.807) is 11.3 Å². The minimum Gasteiger partial charge on any atom is -0.377 e. The van der Waals surface area contributed by atoms with Crippen molar-refractivity contribution in [3.63, 3.8) is 0 Å². The molecule has 3 nitrogen and oxygen atoms in total. The van der Waals surface area contributed by atoms with Crippen LogP contribution in [0.5, 0.6) is 0 Å². The van der Waals surface area contributed by atoms with E-state index in [0.29, 0.717) is 6.04 Å². The summed E-state index contributed by atoms with van der Waals surface area (Å²) < 4.78 is 3.24. The van der Waals surface area contributed by atoms with Crippen LogP contribution in [0.15, 0.2) is 15.9 Å². The van der Waals surface area contributed by atoms with Crippen molar-refractivity contribution >= 4 is 33.0 Å². The van der Waals surface area contributed by atoms with E-state index >= 15 is 0 Å². The number of halogens is 1. The maximum Gasteiger partial charge on any atom is 0.0828 e. The second-order valence-electron chi connectivity index (χ2n) is 4.64. The number of nitrogens with one attached hydrogen (secondary N) is 1. The molecule has 0 aromatic carbocycles. The van der Waals surface area contributed by atoms with E-state index in [-0.39, 0.29) is 0 Å². The minimum absolute atomic E-state index is 0.398.